The number of unbranched alkanes of at least 4 members (excludes halogenated alkanes) is 13. The molecule has 9 heteroatoms. The number of carboxylic acids is 1. The average molecular weight is 516 g/mol. The van der Waals surface area contributed by atoms with E-state index in [0.717, 1.165) is 38.5 Å². The molecule has 0 spiro atoms. The third-order valence-corrected chi connectivity index (χ3v) is 6.05. The van der Waals surface area contributed by atoms with Crippen LogP contribution in [0.1, 0.15) is 110 Å². The van der Waals surface area contributed by atoms with Crippen molar-refractivity contribution in [1.29, 1.82) is 0 Å². The van der Waals surface area contributed by atoms with Crippen molar-refractivity contribution in [3.63, 3.8) is 0 Å². The summed E-state index contributed by atoms with van der Waals surface area (Å²) in [5, 5.41) is 14.1. The maximum atomic E-state index is 12.2. The van der Waals surface area contributed by atoms with Gasteiger partial charge in [-0.05, 0) is 19.8 Å². The molecule has 9 nitrogen and oxygen atoms in total. The molecule has 0 aromatic heterocycles. The average Bonchev–Trinajstić information content (AvgIpc) is 2.86. The minimum Gasteiger partial charge on any atom is -0.481 e. The summed E-state index contributed by atoms with van der Waals surface area (Å²) in [4.78, 5) is 34.8. The molecule has 212 valence electrons. The van der Waals surface area contributed by atoms with Crippen LogP contribution in [0.5, 0.6) is 0 Å². The number of nitrogens with one attached hydrogen (secondary N) is 2. The Morgan fingerprint density at radius 2 is 1.19 bits per heavy atom. The third-order valence-electron chi connectivity index (χ3n) is 6.05. The number of carbonyl (C=O) groups excluding carboxylic acids is 2. The summed E-state index contributed by atoms with van der Waals surface area (Å²) < 4.78 is 10.5. The number of carboxylic acid groups (broad SMARTS) is 1. The lowest BCUT2D eigenvalue weighted by molar-refractivity contribution is -0.137. The molecule has 0 aliphatic heterocycles. The lowest BCUT2D eigenvalue weighted by atomic mass is 10.0. The topological polar surface area (TPSA) is 140 Å². The minimum absolute atomic E-state index is 0.0650. The van der Waals surface area contributed by atoms with E-state index in [-0.39, 0.29) is 18.4 Å². The van der Waals surface area contributed by atoms with Gasteiger partial charge in [0.25, 0.3) is 0 Å². The zero-order chi connectivity index (χ0) is 26.7. The lowest BCUT2D eigenvalue weighted by Gasteiger charge is -2.16. The van der Waals surface area contributed by atoms with Crippen molar-refractivity contribution in [2.24, 2.45) is 5.73 Å². The number of ether oxygens (including phenoxy) is 2. The quantitative estimate of drug-likeness (QED) is 0.122. The molecule has 0 aromatic rings. The fourth-order valence-electron chi connectivity index (χ4n) is 3.91. The van der Waals surface area contributed by atoms with Crippen LogP contribution in [0.3, 0.4) is 0 Å². The smallest absolute Gasteiger partial charge is 0.303 e. The summed E-state index contributed by atoms with van der Waals surface area (Å²) in [5.41, 5.74) is 5.66. The van der Waals surface area contributed by atoms with E-state index < -0.39 is 12.0 Å². The molecule has 5 N–H and O–H groups in total. The second kappa shape index (κ2) is 26.4. The largest absolute Gasteiger partial charge is 0.481 e. The molecular formula is C27H53N3O6. The van der Waals surface area contributed by atoms with Crippen molar-refractivity contribution in [3.8, 4) is 0 Å². The van der Waals surface area contributed by atoms with Crippen LogP contribution in [0.15, 0.2) is 0 Å². The van der Waals surface area contributed by atoms with Gasteiger partial charge in [-0.2, -0.15) is 0 Å². The molecule has 0 rings (SSSR count). The molecule has 1 atom stereocenters. The summed E-state index contributed by atoms with van der Waals surface area (Å²) in [6, 6.07) is -0.710. The SMILES string of the molecule is CCOCCOCCNC(=O)[C@H](CN)NC(=O)CCCCCCCCCCCCCCCCC(=O)O. The van der Waals surface area contributed by atoms with Crippen molar-refractivity contribution in [1.82, 2.24) is 10.6 Å². The van der Waals surface area contributed by atoms with E-state index in [1.807, 2.05) is 6.92 Å². The summed E-state index contributed by atoms with van der Waals surface area (Å²) >= 11 is 0. The van der Waals surface area contributed by atoms with Crippen LogP contribution in [0.2, 0.25) is 0 Å². The van der Waals surface area contributed by atoms with Crippen LogP contribution in [0, 0.1) is 0 Å². The van der Waals surface area contributed by atoms with Crippen molar-refractivity contribution >= 4 is 17.8 Å². The number of aliphatic carboxylic acids is 1. The van der Waals surface area contributed by atoms with Crippen LogP contribution in [-0.2, 0) is 23.9 Å². The Balaban J connectivity index is 3.51. The highest BCUT2D eigenvalue weighted by atomic mass is 16.5. The molecule has 0 bridgehead atoms. The van der Waals surface area contributed by atoms with E-state index in [2.05, 4.69) is 10.6 Å². The van der Waals surface area contributed by atoms with Gasteiger partial charge in [0.05, 0.1) is 19.8 Å². The molecule has 0 aliphatic rings. The fraction of sp³-hybridized carbons (Fsp3) is 0.889. The number of nitrogens with two attached hydrogens (primary N) is 1. The van der Waals surface area contributed by atoms with Gasteiger partial charge in [-0.3, -0.25) is 14.4 Å². The summed E-state index contributed by atoms with van der Waals surface area (Å²) in [6.45, 7) is 4.42. The van der Waals surface area contributed by atoms with E-state index in [4.69, 9.17) is 20.3 Å². The first-order valence-corrected chi connectivity index (χ1v) is 14.2. The maximum absolute atomic E-state index is 12.2. The number of hydrogen-bond donors (Lipinski definition) is 4. The summed E-state index contributed by atoms with van der Waals surface area (Å²) in [6.07, 6.45) is 16.7. The van der Waals surface area contributed by atoms with Crippen molar-refractivity contribution in [2.45, 2.75) is 116 Å². The Kier molecular flexibility index (Phi) is 25.1. The Hall–Kier alpha value is -1.71. The predicted octanol–water partition coefficient (Wildman–Crippen LogP) is 3.93. The zero-order valence-electron chi connectivity index (χ0n) is 22.7. The molecule has 0 aromatic carbocycles. The first-order chi connectivity index (χ1) is 17.5. The van der Waals surface area contributed by atoms with Gasteiger partial charge >= 0.3 is 5.97 Å². The standard InChI is InChI=1S/C27H53N3O6/c1-2-35-21-22-36-20-19-29-27(34)24(23-28)30-25(31)17-15-13-11-9-7-5-3-4-6-8-10-12-14-16-18-26(32)33/h24H,2-23,28H2,1H3,(H,29,34)(H,30,31)(H,32,33)/t24-/m0/s1. The normalized spacial score (nSPS) is 11.8. The van der Waals surface area contributed by atoms with Crippen LogP contribution in [0.4, 0.5) is 0 Å². The third kappa shape index (κ3) is 24.0. The van der Waals surface area contributed by atoms with E-state index in [9.17, 15) is 14.4 Å². The van der Waals surface area contributed by atoms with Crippen molar-refractivity contribution in [2.75, 3.05) is 39.5 Å². The first-order valence-electron chi connectivity index (χ1n) is 14.2. The Morgan fingerprint density at radius 1 is 0.722 bits per heavy atom. The molecule has 0 unspecified atom stereocenters. The van der Waals surface area contributed by atoms with Crippen molar-refractivity contribution in [3.05, 3.63) is 0 Å². The maximum Gasteiger partial charge on any atom is 0.303 e. The number of carbonyl (C=O) groups is 3. The summed E-state index contributed by atoms with van der Waals surface area (Å²) in [5.74, 6) is -1.10. The van der Waals surface area contributed by atoms with E-state index >= 15 is 0 Å². The number of rotatable bonds is 27. The van der Waals surface area contributed by atoms with Gasteiger partial charge < -0.3 is 30.9 Å². The van der Waals surface area contributed by atoms with Crippen LogP contribution in [0.25, 0.3) is 0 Å². The van der Waals surface area contributed by atoms with Crippen LogP contribution >= 0.6 is 0 Å². The highest BCUT2D eigenvalue weighted by molar-refractivity contribution is 5.87. The Labute approximate surface area is 218 Å². The second-order valence-electron chi connectivity index (χ2n) is 9.30. The van der Waals surface area contributed by atoms with E-state index in [1.54, 1.807) is 0 Å². The zero-order valence-corrected chi connectivity index (χ0v) is 22.7. The second-order valence-corrected chi connectivity index (χ2v) is 9.30. The predicted molar refractivity (Wildman–Crippen MR) is 143 cm³/mol. The minimum atomic E-state index is -0.710. The van der Waals surface area contributed by atoms with Gasteiger partial charge in [-0.25, -0.2) is 0 Å². The number of hydrogen-bond acceptors (Lipinski definition) is 6. The van der Waals surface area contributed by atoms with Gasteiger partial charge in [0.1, 0.15) is 6.04 Å². The first kappa shape index (κ1) is 34.3. The molecule has 36 heavy (non-hydrogen) atoms. The van der Waals surface area contributed by atoms with Gasteiger partial charge in [0.15, 0.2) is 0 Å². The van der Waals surface area contributed by atoms with Gasteiger partial charge in [0.2, 0.25) is 11.8 Å². The summed E-state index contributed by atoms with van der Waals surface area (Å²) in [7, 11) is 0. The molecular weight excluding hydrogens is 462 g/mol. The highest BCUT2D eigenvalue weighted by Crippen LogP contribution is 2.13. The lowest BCUT2D eigenvalue weighted by Crippen LogP contribution is -2.51. The monoisotopic (exact) mass is 515 g/mol. The Bertz CT molecular complexity index is 548. The van der Waals surface area contributed by atoms with Gasteiger partial charge in [0, 0.05) is 32.5 Å². The van der Waals surface area contributed by atoms with E-state index in [0.29, 0.717) is 45.8 Å². The highest BCUT2D eigenvalue weighted by Gasteiger charge is 2.18. The molecule has 0 heterocycles. The van der Waals surface area contributed by atoms with Crippen LogP contribution in [-0.4, -0.2) is 68.4 Å². The molecule has 0 radical (unpaired) electrons. The Morgan fingerprint density at radius 3 is 1.67 bits per heavy atom. The van der Waals surface area contributed by atoms with Gasteiger partial charge in [-0.1, -0.05) is 77.0 Å². The fourth-order valence-corrected chi connectivity index (χ4v) is 3.91. The molecule has 2 amide bonds. The molecule has 0 saturated carbocycles. The number of amides is 2. The van der Waals surface area contributed by atoms with Gasteiger partial charge in [-0.15, -0.1) is 0 Å². The van der Waals surface area contributed by atoms with Crippen molar-refractivity contribution < 1.29 is 29.0 Å². The van der Waals surface area contributed by atoms with E-state index in [1.165, 1.54) is 51.4 Å². The molecule has 0 aliphatic carbocycles. The molecule has 0 saturated heterocycles. The molecule has 0 fully saturated rings. The van der Waals surface area contributed by atoms with Crippen LogP contribution < -0.4 is 16.4 Å².